The fourth-order valence-corrected chi connectivity index (χ4v) is 3.06. The van der Waals surface area contributed by atoms with E-state index in [1.54, 1.807) is 11.7 Å². The summed E-state index contributed by atoms with van der Waals surface area (Å²) in [4.78, 5) is 16.8. The molecule has 1 fully saturated rings. The van der Waals surface area contributed by atoms with Crippen molar-refractivity contribution in [3.8, 4) is 0 Å². The Balaban J connectivity index is 1.93. The van der Waals surface area contributed by atoms with Crippen LogP contribution in [-0.4, -0.2) is 21.8 Å². The van der Waals surface area contributed by atoms with Crippen molar-refractivity contribution in [1.29, 1.82) is 0 Å². The third-order valence-electron chi connectivity index (χ3n) is 2.65. The molecular weight excluding hydrogens is 276 g/mol. The molecule has 0 aromatic carbocycles. The van der Waals surface area contributed by atoms with Crippen LogP contribution in [0.4, 0.5) is 0 Å². The number of rotatable bonds is 2. The standard InChI is InChI=1S/C10H13BrN2OS/c11-7-3-1-2-4-8(7)13-10(14)9-5-12-6-15-9/h5-8H,1-4H2,(H,13,14). The predicted octanol–water partition coefficient (Wildman–Crippen LogP) is 2.58. The lowest BCUT2D eigenvalue weighted by molar-refractivity contribution is 0.0934. The van der Waals surface area contributed by atoms with Gasteiger partial charge in [0.15, 0.2) is 0 Å². The van der Waals surface area contributed by atoms with E-state index in [4.69, 9.17) is 0 Å². The Morgan fingerprint density at radius 3 is 3.00 bits per heavy atom. The van der Waals surface area contributed by atoms with Gasteiger partial charge in [-0.15, -0.1) is 11.3 Å². The molecule has 3 nitrogen and oxygen atoms in total. The molecule has 15 heavy (non-hydrogen) atoms. The van der Waals surface area contributed by atoms with Gasteiger partial charge in [0.1, 0.15) is 4.88 Å². The average Bonchev–Trinajstić information content (AvgIpc) is 2.74. The molecule has 1 heterocycles. The van der Waals surface area contributed by atoms with Crippen LogP contribution < -0.4 is 5.32 Å². The maximum Gasteiger partial charge on any atom is 0.263 e. The van der Waals surface area contributed by atoms with Crippen molar-refractivity contribution in [3.05, 3.63) is 16.6 Å². The first kappa shape index (κ1) is 11.1. The molecule has 82 valence electrons. The number of hydrogen-bond donors (Lipinski definition) is 1. The van der Waals surface area contributed by atoms with E-state index in [0.717, 1.165) is 12.8 Å². The van der Waals surface area contributed by atoms with E-state index < -0.39 is 0 Å². The quantitative estimate of drug-likeness (QED) is 0.850. The fraction of sp³-hybridized carbons (Fsp3) is 0.600. The van der Waals surface area contributed by atoms with Crippen LogP contribution in [0.3, 0.4) is 0 Å². The molecule has 1 aliphatic carbocycles. The number of aromatic nitrogens is 1. The molecule has 0 radical (unpaired) electrons. The lowest BCUT2D eigenvalue weighted by Gasteiger charge is -2.27. The highest BCUT2D eigenvalue weighted by molar-refractivity contribution is 9.09. The second-order valence-electron chi connectivity index (χ2n) is 3.75. The first-order valence-electron chi connectivity index (χ1n) is 5.11. The van der Waals surface area contributed by atoms with Gasteiger partial charge in [-0.05, 0) is 12.8 Å². The van der Waals surface area contributed by atoms with Gasteiger partial charge < -0.3 is 5.32 Å². The molecule has 0 bridgehead atoms. The predicted molar refractivity (Wildman–Crippen MR) is 64.6 cm³/mol. The van der Waals surface area contributed by atoms with Crippen LogP contribution in [0.2, 0.25) is 0 Å². The smallest absolute Gasteiger partial charge is 0.263 e. The average molecular weight is 289 g/mol. The van der Waals surface area contributed by atoms with Gasteiger partial charge in [-0.3, -0.25) is 9.78 Å². The van der Waals surface area contributed by atoms with Gasteiger partial charge >= 0.3 is 0 Å². The minimum atomic E-state index is 0.00819. The minimum Gasteiger partial charge on any atom is -0.347 e. The highest BCUT2D eigenvalue weighted by atomic mass is 79.9. The number of carbonyl (C=O) groups is 1. The number of nitrogens with one attached hydrogen (secondary N) is 1. The number of halogens is 1. The molecule has 1 N–H and O–H groups in total. The summed E-state index contributed by atoms with van der Waals surface area (Å²) in [6, 6.07) is 0.272. The monoisotopic (exact) mass is 288 g/mol. The van der Waals surface area contributed by atoms with E-state index in [2.05, 4.69) is 26.2 Å². The molecule has 1 aromatic heterocycles. The summed E-state index contributed by atoms with van der Waals surface area (Å²) in [5.41, 5.74) is 1.68. The number of hydrogen-bond acceptors (Lipinski definition) is 3. The van der Waals surface area contributed by atoms with E-state index in [-0.39, 0.29) is 11.9 Å². The van der Waals surface area contributed by atoms with Crippen LogP contribution in [0.25, 0.3) is 0 Å². The van der Waals surface area contributed by atoms with Crippen LogP contribution in [0.15, 0.2) is 11.7 Å². The molecule has 0 spiro atoms. The molecular formula is C10H13BrN2OS. The highest BCUT2D eigenvalue weighted by Gasteiger charge is 2.24. The van der Waals surface area contributed by atoms with E-state index in [0.29, 0.717) is 9.70 Å². The van der Waals surface area contributed by atoms with Crippen molar-refractivity contribution in [2.24, 2.45) is 0 Å². The Hall–Kier alpha value is -0.420. The third-order valence-corrected chi connectivity index (χ3v) is 4.52. The Kier molecular flexibility index (Phi) is 3.75. The molecule has 2 unspecified atom stereocenters. The van der Waals surface area contributed by atoms with E-state index in [1.165, 1.54) is 24.2 Å². The lowest BCUT2D eigenvalue weighted by Crippen LogP contribution is -2.42. The minimum absolute atomic E-state index is 0.00819. The Bertz CT molecular complexity index is 328. The van der Waals surface area contributed by atoms with E-state index in [1.807, 2.05) is 0 Å². The molecule has 1 aromatic rings. The normalized spacial score (nSPS) is 26.2. The second-order valence-corrected chi connectivity index (χ2v) is 5.81. The van der Waals surface area contributed by atoms with Gasteiger partial charge in [0.25, 0.3) is 5.91 Å². The lowest BCUT2D eigenvalue weighted by atomic mass is 9.95. The van der Waals surface area contributed by atoms with Crippen molar-refractivity contribution in [2.75, 3.05) is 0 Å². The maximum absolute atomic E-state index is 11.8. The summed E-state index contributed by atoms with van der Waals surface area (Å²) in [7, 11) is 0. The molecule has 0 saturated heterocycles. The first-order chi connectivity index (χ1) is 7.27. The van der Waals surface area contributed by atoms with Crippen molar-refractivity contribution < 1.29 is 4.79 Å². The third kappa shape index (κ3) is 2.78. The summed E-state index contributed by atoms with van der Waals surface area (Å²) in [5, 5.41) is 3.06. The van der Waals surface area contributed by atoms with Crippen LogP contribution in [0.5, 0.6) is 0 Å². The van der Waals surface area contributed by atoms with E-state index >= 15 is 0 Å². The van der Waals surface area contributed by atoms with Crippen LogP contribution >= 0.6 is 27.3 Å². The molecule has 1 saturated carbocycles. The van der Waals surface area contributed by atoms with Gasteiger partial charge in [-0.2, -0.15) is 0 Å². The van der Waals surface area contributed by atoms with Gasteiger partial charge in [0.2, 0.25) is 0 Å². The Labute approximate surface area is 101 Å². The van der Waals surface area contributed by atoms with Gasteiger partial charge in [-0.25, -0.2) is 0 Å². The summed E-state index contributed by atoms with van der Waals surface area (Å²) >= 11 is 5.00. The van der Waals surface area contributed by atoms with Crippen LogP contribution in [0.1, 0.15) is 35.4 Å². The highest BCUT2D eigenvalue weighted by Crippen LogP contribution is 2.24. The van der Waals surface area contributed by atoms with E-state index in [9.17, 15) is 4.79 Å². The molecule has 2 rings (SSSR count). The molecule has 2 atom stereocenters. The Morgan fingerprint density at radius 2 is 2.33 bits per heavy atom. The van der Waals surface area contributed by atoms with Gasteiger partial charge in [-0.1, -0.05) is 28.8 Å². The van der Waals surface area contributed by atoms with Crippen molar-refractivity contribution in [1.82, 2.24) is 10.3 Å². The summed E-state index contributed by atoms with van der Waals surface area (Å²) < 4.78 is 0. The molecule has 0 aliphatic heterocycles. The second kappa shape index (κ2) is 5.07. The summed E-state index contributed by atoms with van der Waals surface area (Å²) in [6.07, 6.45) is 6.29. The van der Waals surface area contributed by atoms with Crippen LogP contribution in [0, 0.1) is 0 Å². The number of alkyl halides is 1. The van der Waals surface area contributed by atoms with Crippen molar-refractivity contribution in [3.63, 3.8) is 0 Å². The van der Waals surface area contributed by atoms with Crippen molar-refractivity contribution >= 4 is 33.2 Å². The zero-order valence-corrected chi connectivity index (χ0v) is 10.7. The number of amides is 1. The molecule has 5 heteroatoms. The largest absolute Gasteiger partial charge is 0.347 e. The molecule has 1 aliphatic rings. The zero-order valence-electron chi connectivity index (χ0n) is 8.28. The molecule has 1 amide bonds. The van der Waals surface area contributed by atoms with Crippen molar-refractivity contribution in [2.45, 2.75) is 36.6 Å². The maximum atomic E-state index is 11.8. The van der Waals surface area contributed by atoms with Gasteiger partial charge in [0, 0.05) is 10.9 Å². The summed E-state index contributed by atoms with van der Waals surface area (Å²) in [6.45, 7) is 0. The Morgan fingerprint density at radius 1 is 1.53 bits per heavy atom. The van der Waals surface area contributed by atoms with Gasteiger partial charge in [0.05, 0.1) is 11.7 Å². The van der Waals surface area contributed by atoms with Crippen LogP contribution in [-0.2, 0) is 0 Å². The first-order valence-corrected chi connectivity index (χ1v) is 6.90. The topological polar surface area (TPSA) is 42.0 Å². The summed E-state index contributed by atoms with van der Waals surface area (Å²) in [5.74, 6) is 0.00819. The number of nitrogens with zero attached hydrogens (tertiary/aromatic N) is 1. The number of carbonyl (C=O) groups excluding carboxylic acids is 1. The number of thiazole rings is 1. The SMILES string of the molecule is O=C(NC1CCCCC1Br)c1cncs1. The zero-order chi connectivity index (χ0) is 10.7. The fourth-order valence-electron chi connectivity index (χ4n) is 1.82.